The van der Waals surface area contributed by atoms with Crippen molar-refractivity contribution >= 4 is 23.3 Å². The molecule has 2 amide bonds. The minimum absolute atomic E-state index is 0.0125. The average molecular weight is 431 g/mol. The fraction of sp³-hybridized carbons (Fsp3) is 0.478. The van der Waals surface area contributed by atoms with Gasteiger partial charge in [0.15, 0.2) is 0 Å². The van der Waals surface area contributed by atoms with Crippen LogP contribution in [0.4, 0.5) is 4.79 Å². The molecule has 1 aromatic heterocycles. The topological polar surface area (TPSA) is 67.9 Å². The third-order valence-electron chi connectivity index (χ3n) is 4.75. The lowest BCUT2D eigenvalue weighted by Gasteiger charge is -2.32. The molecular formula is C23H30N2O4S. The number of nitrogens with zero attached hydrogens (tertiary/aromatic N) is 1. The zero-order valence-corrected chi connectivity index (χ0v) is 18.9. The molecule has 1 aliphatic rings. The summed E-state index contributed by atoms with van der Waals surface area (Å²) in [5.74, 6) is 0.627. The molecule has 1 N–H and O–H groups in total. The van der Waals surface area contributed by atoms with Crippen LogP contribution in [0.1, 0.15) is 50.2 Å². The second-order valence-corrected chi connectivity index (χ2v) is 9.37. The van der Waals surface area contributed by atoms with Crippen molar-refractivity contribution in [1.29, 1.82) is 0 Å². The maximum atomic E-state index is 13.2. The third-order valence-corrected chi connectivity index (χ3v) is 5.91. The summed E-state index contributed by atoms with van der Waals surface area (Å²) in [6.07, 6.45) is 0.995. The number of amides is 2. The highest BCUT2D eigenvalue weighted by Gasteiger charge is 2.29. The molecule has 0 saturated carbocycles. The summed E-state index contributed by atoms with van der Waals surface area (Å²) in [7, 11) is 0. The molecule has 3 rings (SSSR count). The minimum atomic E-state index is -0.522. The monoisotopic (exact) mass is 430 g/mol. The average Bonchev–Trinajstić information content (AvgIpc) is 3.11. The quantitative estimate of drug-likeness (QED) is 0.729. The number of thiophene rings is 1. The Morgan fingerprint density at radius 2 is 1.83 bits per heavy atom. The zero-order valence-electron chi connectivity index (χ0n) is 18.1. The van der Waals surface area contributed by atoms with Gasteiger partial charge in [0.2, 0.25) is 0 Å². The van der Waals surface area contributed by atoms with Crippen LogP contribution in [0.2, 0.25) is 0 Å². The standard InChI is InChI=1S/C23H30N2O4S/c1-5-28-18-15-19(16-9-7-6-8-10-16)30-20(18)21(26)25-13-11-17(12-14-25)24-22(27)29-23(2,3)4/h6-10,15,17H,5,11-14H2,1-4H3,(H,24,27). The van der Waals surface area contributed by atoms with Crippen LogP contribution in [0.5, 0.6) is 5.75 Å². The molecule has 1 aromatic carbocycles. The second kappa shape index (κ2) is 9.51. The van der Waals surface area contributed by atoms with Crippen molar-refractivity contribution < 1.29 is 19.1 Å². The van der Waals surface area contributed by atoms with Crippen molar-refractivity contribution in [3.05, 3.63) is 41.3 Å². The Bertz CT molecular complexity index is 865. The maximum Gasteiger partial charge on any atom is 0.407 e. The SMILES string of the molecule is CCOc1cc(-c2ccccc2)sc1C(=O)N1CCC(NC(=O)OC(C)(C)C)CC1. The number of hydrogen-bond acceptors (Lipinski definition) is 5. The van der Waals surface area contributed by atoms with E-state index < -0.39 is 11.7 Å². The van der Waals surface area contributed by atoms with Gasteiger partial charge < -0.3 is 19.7 Å². The van der Waals surface area contributed by atoms with E-state index in [0.29, 0.717) is 43.2 Å². The molecule has 0 unspecified atom stereocenters. The lowest BCUT2D eigenvalue weighted by Crippen LogP contribution is -2.47. The van der Waals surface area contributed by atoms with Crippen LogP contribution in [0.15, 0.2) is 36.4 Å². The third kappa shape index (κ3) is 5.75. The van der Waals surface area contributed by atoms with Crippen molar-refractivity contribution in [2.75, 3.05) is 19.7 Å². The number of nitrogens with one attached hydrogen (secondary N) is 1. The molecule has 2 heterocycles. The Kier molecular flexibility index (Phi) is 7.02. The summed E-state index contributed by atoms with van der Waals surface area (Å²) in [6.45, 7) is 9.12. The molecule has 0 aliphatic carbocycles. The molecule has 0 atom stereocenters. The number of rotatable bonds is 5. The summed E-state index contributed by atoms with van der Waals surface area (Å²) in [4.78, 5) is 28.7. The molecule has 30 heavy (non-hydrogen) atoms. The summed E-state index contributed by atoms with van der Waals surface area (Å²) in [6, 6.07) is 12.0. The highest BCUT2D eigenvalue weighted by Crippen LogP contribution is 2.37. The number of carbonyl (C=O) groups is 2. The molecule has 2 aromatic rings. The number of benzene rings is 1. The predicted octanol–water partition coefficient (Wildman–Crippen LogP) is 4.94. The summed E-state index contributed by atoms with van der Waals surface area (Å²) in [5.41, 5.74) is 0.550. The van der Waals surface area contributed by atoms with E-state index in [4.69, 9.17) is 9.47 Å². The molecule has 162 valence electrons. The van der Waals surface area contributed by atoms with Crippen molar-refractivity contribution in [1.82, 2.24) is 10.2 Å². The van der Waals surface area contributed by atoms with Crippen molar-refractivity contribution in [3.8, 4) is 16.2 Å². The molecule has 6 nitrogen and oxygen atoms in total. The number of hydrogen-bond donors (Lipinski definition) is 1. The number of carbonyl (C=O) groups excluding carboxylic acids is 2. The van der Waals surface area contributed by atoms with Crippen LogP contribution in [0.3, 0.4) is 0 Å². The Hall–Kier alpha value is -2.54. The highest BCUT2D eigenvalue weighted by atomic mass is 32.1. The van der Waals surface area contributed by atoms with Gasteiger partial charge >= 0.3 is 6.09 Å². The van der Waals surface area contributed by atoms with Gasteiger partial charge in [-0.25, -0.2) is 4.79 Å². The van der Waals surface area contributed by atoms with E-state index in [1.165, 1.54) is 11.3 Å². The minimum Gasteiger partial charge on any atom is -0.492 e. The number of alkyl carbamates (subject to hydrolysis) is 1. The van der Waals surface area contributed by atoms with Crippen LogP contribution >= 0.6 is 11.3 Å². The predicted molar refractivity (Wildman–Crippen MR) is 119 cm³/mol. The summed E-state index contributed by atoms with van der Waals surface area (Å²) in [5, 5.41) is 2.91. The van der Waals surface area contributed by atoms with Gasteiger partial charge in [-0.15, -0.1) is 11.3 Å². The fourth-order valence-electron chi connectivity index (χ4n) is 3.38. The first-order valence-electron chi connectivity index (χ1n) is 10.4. The smallest absolute Gasteiger partial charge is 0.407 e. The zero-order chi connectivity index (χ0) is 21.7. The number of likely N-dealkylation sites (tertiary alicyclic amines) is 1. The largest absolute Gasteiger partial charge is 0.492 e. The van der Waals surface area contributed by atoms with Gasteiger partial charge in [-0.2, -0.15) is 0 Å². The van der Waals surface area contributed by atoms with E-state index in [9.17, 15) is 9.59 Å². The van der Waals surface area contributed by atoms with Gasteiger partial charge in [0.1, 0.15) is 16.2 Å². The van der Waals surface area contributed by atoms with Crippen LogP contribution in [-0.2, 0) is 4.74 Å². The summed E-state index contributed by atoms with van der Waals surface area (Å²) >= 11 is 1.47. The molecule has 1 fully saturated rings. The van der Waals surface area contributed by atoms with Gasteiger partial charge in [0.05, 0.1) is 6.61 Å². The first kappa shape index (κ1) is 22.2. The van der Waals surface area contributed by atoms with Gasteiger partial charge in [-0.05, 0) is 52.2 Å². The van der Waals surface area contributed by atoms with Crippen LogP contribution < -0.4 is 10.1 Å². The van der Waals surface area contributed by atoms with Crippen molar-refractivity contribution in [3.63, 3.8) is 0 Å². The van der Waals surface area contributed by atoms with Gasteiger partial charge in [0.25, 0.3) is 5.91 Å². The Morgan fingerprint density at radius 1 is 1.17 bits per heavy atom. The van der Waals surface area contributed by atoms with Crippen LogP contribution in [-0.4, -0.2) is 48.2 Å². The van der Waals surface area contributed by atoms with E-state index in [-0.39, 0.29) is 11.9 Å². The van der Waals surface area contributed by atoms with Gasteiger partial charge in [-0.3, -0.25) is 4.79 Å². The van der Waals surface area contributed by atoms with E-state index in [1.807, 2.05) is 69.0 Å². The molecule has 1 saturated heterocycles. The molecule has 7 heteroatoms. The Labute approximate surface area is 182 Å². The van der Waals surface area contributed by atoms with Crippen molar-refractivity contribution in [2.45, 2.75) is 52.2 Å². The summed E-state index contributed by atoms with van der Waals surface area (Å²) < 4.78 is 11.1. The lowest BCUT2D eigenvalue weighted by atomic mass is 10.1. The Balaban J connectivity index is 1.65. The number of piperidine rings is 1. The Morgan fingerprint density at radius 3 is 2.43 bits per heavy atom. The molecule has 0 bridgehead atoms. The first-order valence-corrected chi connectivity index (χ1v) is 11.2. The van der Waals surface area contributed by atoms with E-state index in [1.54, 1.807) is 0 Å². The van der Waals surface area contributed by atoms with Crippen LogP contribution in [0.25, 0.3) is 10.4 Å². The van der Waals surface area contributed by atoms with E-state index >= 15 is 0 Å². The molecule has 1 aliphatic heterocycles. The van der Waals surface area contributed by atoms with Crippen molar-refractivity contribution in [2.24, 2.45) is 0 Å². The molecular weight excluding hydrogens is 400 g/mol. The highest BCUT2D eigenvalue weighted by molar-refractivity contribution is 7.17. The second-order valence-electron chi connectivity index (χ2n) is 8.32. The maximum absolute atomic E-state index is 13.2. The van der Waals surface area contributed by atoms with E-state index in [0.717, 1.165) is 10.4 Å². The molecule has 0 spiro atoms. The normalized spacial score (nSPS) is 15.0. The first-order chi connectivity index (χ1) is 14.3. The number of ether oxygens (including phenoxy) is 2. The van der Waals surface area contributed by atoms with Gasteiger partial charge in [0, 0.05) is 24.0 Å². The van der Waals surface area contributed by atoms with Crippen LogP contribution in [0, 0.1) is 0 Å². The lowest BCUT2D eigenvalue weighted by molar-refractivity contribution is 0.0474. The van der Waals surface area contributed by atoms with E-state index in [2.05, 4.69) is 5.32 Å². The fourth-order valence-corrected chi connectivity index (χ4v) is 4.45. The van der Waals surface area contributed by atoms with Gasteiger partial charge in [-0.1, -0.05) is 30.3 Å². The molecule has 0 radical (unpaired) electrons.